The summed E-state index contributed by atoms with van der Waals surface area (Å²) in [6.07, 6.45) is 6.62. The molecule has 4 amide bonds. The number of carbonyl (C=O) groups is 4. The second-order valence-corrected chi connectivity index (χ2v) is 15.1. The van der Waals surface area contributed by atoms with Crippen molar-refractivity contribution < 1.29 is 29.0 Å². The predicted molar refractivity (Wildman–Crippen MR) is 211 cm³/mol. The van der Waals surface area contributed by atoms with Crippen molar-refractivity contribution in [2.75, 3.05) is 44.2 Å². The topological polar surface area (TPSA) is 119 Å². The van der Waals surface area contributed by atoms with Crippen LogP contribution in [0.15, 0.2) is 97.1 Å². The van der Waals surface area contributed by atoms with Gasteiger partial charge >= 0.3 is 0 Å². The first kappa shape index (κ1) is 36.2. The lowest BCUT2D eigenvalue weighted by Crippen LogP contribution is -2.54. The number of carbonyl (C=O) groups excluding carboxylic acids is 4. The third kappa shape index (κ3) is 8.34. The quantitative estimate of drug-likeness (QED) is 0.123. The van der Waals surface area contributed by atoms with Gasteiger partial charge in [0.2, 0.25) is 11.8 Å². The number of hydrogen-bond acceptors (Lipinski definition) is 8. The Bertz CT molecular complexity index is 2090. The van der Waals surface area contributed by atoms with E-state index >= 15 is 0 Å². The Balaban J connectivity index is 0.776. The van der Waals surface area contributed by atoms with Gasteiger partial charge in [-0.15, -0.1) is 0 Å². The van der Waals surface area contributed by atoms with Crippen LogP contribution in [0, 0.1) is 11.8 Å². The van der Waals surface area contributed by atoms with E-state index in [2.05, 4.69) is 69.7 Å². The van der Waals surface area contributed by atoms with Gasteiger partial charge in [-0.2, -0.15) is 0 Å². The molecule has 55 heavy (non-hydrogen) atoms. The molecule has 10 nitrogen and oxygen atoms in total. The summed E-state index contributed by atoms with van der Waals surface area (Å²) in [6.45, 7) is 5.27. The molecule has 3 heterocycles. The van der Waals surface area contributed by atoms with Gasteiger partial charge in [0.1, 0.15) is 17.5 Å². The van der Waals surface area contributed by atoms with Crippen LogP contribution in [-0.2, 0) is 16.0 Å². The summed E-state index contributed by atoms with van der Waals surface area (Å²) in [5.74, 6) is 0.502. The van der Waals surface area contributed by atoms with Crippen molar-refractivity contribution in [3.8, 4) is 11.5 Å². The van der Waals surface area contributed by atoms with Crippen molar-refractivity contribution in [1.29, 1.82) is 0 Å². The number of nitrogens with one attached hydrogen (secondary N) is 1. The molecule has 1 aliphatic carbocycles. The van der Waals surface area contributed by atoms with E-state index in [9.17, 15) is 24.3 Å². The van der Waals surface area contributed by atoms with E-state index in [4.69, 9.17) is 4.74 Å². The first-order chi connectivity index (χ1) is 26.8. The largest absolute Gasteiger partial charge is 0.508 e. The number of benzene rings is 4. The molecular weight excluding hydrogens is 693 g/mol. The second-order valence-electron chi connectivity index (χ2n) is 15.1. The average Bonchev–Trinajstić information content (AvgIpc) is 3.93. The summed E-state index contributed by atoms with van der Waals surface area (Å²) >= 11 is 0. The normalized spacial score (nSPS) is 21.5. The van der Waals surface area contributed by atoms with Crippen LogP contribution >= 0.6 is 0 Å². The number of phenols is 1. The van der Waals surface area contributed by atoms with E-state index in [-0.39, 0.29) is 24.5 Å². The Labute approximate surface area is 321 Å². The summed E-state index contributed by atoms with van der Waals surface area (Å²) in [4.78, 5) is 56.1. The zero-order valence-electron chi connectivity index (χ0n) is 30.9. The number of anilines is 1. The van der Waals surface area contributed by atoms with Crippen LogP contribution in [0.25, 0.3) is 11.6 Å². The van der Waals surface area contributed by atoms with Crippen LogP contribution in [0.2, 0.25) is 0 Å². The highest BCUT2D eigenvalue weighted by atomic mass is 16.5. The van der Waals surface area contributed by atoms with E-state index in [1.807, 2.05) is 24.3 Å². The second kappa shape index (κ2) is 15.9. The fourth-order valence-electron chi connectivity index (χ4n) is 8.06. The lowest BCUT2D eigenvalue weighted by molar-refractivity contribution is -0.136. The number of amides is 4. The van der Waals surface area contributed by atoms with Crippen molar-refractivity contribution in [3.05, 3.63) is 125 Å². The van der Waals surface area contributed by atoms with Crippen LogP contribution in [0.1, 0.15) is 69.5 Å². The van der Waals surface area contributed by atoms with Gasteiger partial charge in [0.25, 0.3) is 11.8 Å². The number of piperazine rings is 1. The van der Waals surface area contributed by atoms with Crippen LogP contribution in [0.4, 0.5) is 5.69 Å². The predicted octanol–water partition coefficient (Wildman–Crippen LogP) is 6.19. The fourth-order valence-corrected chi connectivity index (χ4v) is 8.06. The Morgan fingerprint density at radius 3 is 2.31 bits per heavy atom. The standard InChI is InChI=1S/C45H46N4O6/c50-37-13-7-30(8-14-37)6-11-33(32-4-2-1-3-5-32)26-31-9-15-38(16-10-31)55-29-35-27-34(35)20-21-47-22-24-48(25-23-47)36-12-17-39-40(28-36)45(54)49(44(39)53)41-18-19-42(51)46-43(41)52/h1-5,7-10,12-17,26,28,34-35,41,50H,6,11,18-25,27,29H2,(H,46,51,52)/b33-26-. The number of allylic oxidation sites excluding steroid dienone is 1. The molecule has 4 aromatic rings. The van der Waals surface area contributed by atoms with Crippen LogP contribution < -0.4 is 15.0 Å². The Morgan fingerprint density at radius 1 is 0.818 bits per heavy atom. The molecule has 2 saturated heterocycles. The van der Waals surface area contributed by atoms with E-state index in [0.717, 1.165) is 80.5 Å². The number of fused-ring (bicyclic) bond motifs is 1. The number of phenolic OH excluding ortho intramolecular Hbond substituents is 1. The maximum Gasteiger partial charge on any atom is 0.262 e. The molecule has 0 bridgehead atoms. The molecule has 3 fully saturated rings. The van der Waals surface area contributed by atoms with Crippen LogP contribution in [-0.4, -0.2) is 83.9 Å². The minimum atomic E-state index is -0.960. The minimum absolute atomic E-state index is 0.101. The lowest BCUT2D eigenvalue weighted by atomic mass is 9.96. The van der Waals surface area contributed by atoms with Gasteiger partial charge in [0.15, 0.2) is 0 Å². The van der Waals surface area contributed by atoms with E-state index in [1.165, 1.54) is 23.1 Å². The number of aryl methyl sites for hydroxylation is 1. The molecule has 4 aromatic carbocycles. The van der Waals surface area contributed by atoms with Crippen molar-refractivity contribution in [2.45, 2.75) is 44.6 Å². The molecule has 3 unspecified atom stereocenters. The highest BCUT2D eigenvalue weighted by Crippen LogP contribution is 2.42. The van der Waals surface area contributed by atoms with Gasteiger partial charge in [-0.05, 0) is 115 Å². The molecule has 10 heteroatoms. The molecule has 0 radical (unpaired) electrons. The number of nitrogens with zero attached hydrogens (tertiary/aromatic N) is 3. The zero-order chi connectivity index (χ0) is 37.9. The van der Waals surface area contributed by atoms with Crippen molar-refractivity contribution in [3.63, 3.8) is 0 Å². The molecule has 8 rings (SSSR count). The fraction of sp³-hybridized carbons (Fsp3) is 0.333. The number of piperidine rings is 1. The monoisotopic (exact) mass is 738 g/mol. The van der Waals surface area contributed by atoms with Gasteiger partial charge < -0.3 is 14.7 Å². The summed E-state index contributed by atoms with van der Waals surface area (Å²) in [5, 5.41) is 11.9. The highest BCUT2D eigenvalue weighted by molar-refractivity contribution is 6.23. The Morgan fingerprint density at radius 2 is 1.56 bits per heavy atom. The van der Waals surface area contributed by atoms with Crippen molar-refractivity contribution >= 4 is 41.0 Å². The molecule has 3 aliphatic heterocycles. The van der Waals surface area contributed by atoms with Gasteiger partial charge in [-0.25, -0.2) is 0 Å². The zero-order valence-corrected chi connectivity index (χ0v) is 30.9. The molecule has 282 valence electrons. The molecule has 0 spiro atoms. The number of imide groups is 2. The summed E-state index contributed by atoms with van der Waals surface area (Å²) in [7, 11) is 0. The SMILES string of the molecule is O=C1CCC(N2C(=O)c3ccc(N4CCN(CCC5CC5COc5ccc(/C=C(/CCc6ccc(O)cc6)c6ccccc6)cc5)CC4)cc3C2=O)C(=O)N1. The Hall–Kier alpha value is -5.74. The smallest absolute Gasteiger partial charge is 0.262 e. The van der Waals surface area contributed by atoms with Crippen LogP contribution in [0.3, 0.4) is 0 Å². The highest BCUT2D eigenvalue weighted by Gasteiger charge is 2.45. The summed E-state index contributed by atoms with van der Waals surface area (Å²) < 4.78 is 6.23. The average molecular weight is 739 g/mol. The van der Waals surface area contributed by atoms with E-state index in [1.54, 1.807) is 24.3 Å². The maximum absolute atomic E-state index is 13.3. The number of rotatable bonds is 13. The van der Waals surface area contributed by atoms with Gasteiger partial charge in [-0.3, -0.25) is 34.3 Å². The summed E-state index contributed by atoms with van der Waals surface area (Å²) in [6, 6.07) is 30.7. The van der Waals surface area contributed by atoms with Crippen molar-refractivity contribution in [1.82, 2.24) is 15.1 Å². The molecular formula is C45H46N4O6. The number of ether oxygens (including phenoxy) is 1. The molecule has 2 N–H and O–H groups in total. The maximum atomic E-state index is 13.3. The van der Waals surface area contributed by atoms with Gasteiger partial charge in [0.05, 0.1) is 17.7 Å². The first-order valence-electron chi connectivity index (χ1n) is 19.4. The van der Waals surface area contributed by atoms with E-state index in [0.29, 0.717) is 23.0 Å². The third-order valence-electron chi connectivity index (χ3n) is 11.5. The molecule has 0 aromatic heterocycles. The third-order valence-corrected chi connectivity index (χ3v) is 11.5. The minimum Gasteiger partial charge on any atom is -0.508 e. The molecule has 1 saturated carbocycles. The van der Waals surface area contributed by atoms with Gasteiger partial charge in [0, 0.05) is 38.3 Å². The number of hydrogen-bond donors (Lipinski definition) is 2. The molecule has 4 aliphatic rings. The lowest BCUT2D eigenvalue weighted by Gasteiger charge is -2.36. The van der Waals surface area contributed by atoms with Gasteiger partial charge in [-0.1, -0.05) is 60.7 Å². The van der Waals surface area contributed by atoms with Crippen LogP contribution in [0.5, 0.6) is 11.5 Å². The Kier molecular flexibility index (Phi) is 10.5. The van der Waals surface area contributed by atoms with Crippen molar-refractivity contribution in [2.24, 2.45) is 11.8 Å². The number of aromatic hydroxyl groups is 1. The first-order valence-corrected chi connectivity index (χ1v) is 19.4. The summed E-state index contributed by atoms with van der Waals surface area (Å²) in [5.41, 5.74) is 6.33. The molecule has 3 atom stereocenters. The van der Waals surface area contributed by atoms with E-state index < -0.39 is 23.8 Å².